The molecule has 0 bridgehead atoms. The first-order chi connectivity index (χ1) is 11.5. The highest BCUT2D eigenvalue weighted by Crippen LogP contribution is 2.11. The molecule has 0 aromatic heterocycles. The second kappa shape index (κ2) is 8.59. The van der Waals surface area contributed by atoms with Gasteiger partial charge >= 0.3 is 0 Å². The highest BCUT2D eigenvalue weighted by atomic mass is 79.9. The van der Waals surface area contributed by atoms with Gasteiger partial charge in [0, 0.05) is 36.6 Å². The Hall–Kier alpha value is -2.21. The molecule has 2 rings (SSSR count). The summed E-state index contributed by atoms with van der Waals surface area (Å²) in [5, 5.41) is 2.79. The van der Waals surface area contributed by atoms with Crippen molar-refractivity contribution >= 4 is 27.7 Å². The Kier molecular flexibility index (Phi) is 6.49. The number of hydrogen-bond acceptors (Lipinski definition) is 2. The summed E-state index contributed by atoms with van der Waals surface area (Å²) in [6.45, 7) is 2.57. The maximum Gasteiger partial charge on any atom is 0.251 e. The zero-order chi connectivity index (χ0) is 17.5. The van der Waals surface area contributed by atoms with Crippen molar-refractivity contribution in [3.05, 3.63) is 69.9 Å². The highest BCUT2D eigenvalue weighted by Gasteiger charge is 2.11. The van der Waals surface area contributed by atoms with Crippen molar-refractivity contribution in [1.82, 2.24) is 10.2 Å². The minimum atomic E-state index is -0.311. The molecule has 6 heteroatoms. The van der Waals surface area contributed by atoms with Gasteiger partial charge in [-0.05, 0) is 35.9 Å². The van der Waals surface area contributed by atoms with E-state index in [0.717, 1.165) is 10.0 Å². The SMILES string of the molecule is CC(=O)N(CCNC(=O)c1cccc(Br)c1)Cc1ccc(F)cc1. The lowest BCUT2D eigenvalue weighted by Gasteiger charge is -2.21. The predicted molar refractivity (Wildman–Crippen MR) is 94.0 cm³/mol. The summed E-state index contributed by atoms with van der Waals surface area (Å²) in [5.41, 5.74) is 1.39. The van der Waals surface area contributed by atoms with Crippen LogP contribution >= 0.6 is 15.9 Å². The second-order valence-electron chi connectivity index (χ2n) is 5.33. The highest BCUT2D eigenvalue weighted by molar-refractivity contribution is 9.10. The van der Waals surface area contributed by atoms with Crippen LogP contribution in [0.1, 0.15) is 22.8 Å². The molecular formula is C18H18BrFN2O2. The summed E-state index contributed by atoms with van der Waals surface area (Å²) in [5.74, 6) is -0.605. The molecule has 0 saturated carbocycles. The van der Waals surface area contributed by atoms with Gasteiger partial charge in [-0.25, -0.2) is 4.39 Å². The molecule has 0 atom stereocenters. The van der Waals surface area contributed by atoms with E-state index in [-0.39, 0.29) is 17.6 Å². The number of carbonyl (C=O) groups is 2. The van der Waals surface area contributed by atoms with Crippen molar-refractivity contribution in [2.45, 2.75) is 13.5 Å². The minimum absolute atomic E-state index is 0.101. The van der Waals surface area contributed by atoms with Gasteiger partial charge in [0.15, 0.2) is 0 Å². The van der Waals surface area contributed by atoms with E-state index >= 15 is 0 Å². The van der Waals surface area contributed by atoms with Crippen LogP contribution in [0.25, 0.3) is 0 Å². The average molecular weight is 393 g/mol. The van der Waals surface area contributed by atoms with Crippen LogP contribution < -0.4 is 5.32 Å². The molecule has 2 aromatic carbocycles. The topological polar surface area (TPSA) is 49.4 Å². The first-order valence-corrected chi connectivity index (χ1v) is 8.29. The molecule has 0 spiro atoms. The van der Waals surface area contributed by atoms with E-state index in [9.17, 15) is 14.0 Å². The Labute approximate surface area is 148 Å². The fraction of sp³-hybridized carbons (Fsp3) is 0.222. The molecule has 0 unspecified atom stereocenters. The van der Waals surface area contributed by atoms with Gasteiger partial charge in [0.25, 0.3) is 5.91 Å². The Balaban J connectivity index is 1.88. The van der Waals surface area contributed by atoms with E-state index in [1.165, 1.54) is 19.1 Å². The van der Waals surface area contributed by atoms with E-state index < -0.39 is 0 Å². The average Bonchev–Trinajstić information content (AvgIpc) is 2.55. The third kappa shape index (κ3) is 5.45. The lowest BCUT2D eigenvalue weighted by atomic mass is 10.2. The molecular weight excluding hydrogens is 375 g/mol. The Bertz CT molecular complexity index is 719. The standard InChI is InChI=1S/C18H18BrFN2O2/c1-13(23)22(12-14-5-7-17(20)8-6-14)10-9-21-18(24)15-3-2-4-16(19)11-15/h2-8,11H,9-10,12H2,1H3,(H,21,24). The molecule has 0 aliphatic heterocycles. The van der Waals surface area contributed by atoms with Gasteiger partial charge in [-0.2, -0.15) is 0 Å². The number of halogens is 2. The largest absolute Gasteiger partial charge is 0.350 e. The van der Waals surface area contributed by atoms with Gasteiger partial charge in [0.1, 0.15) is 5.82 Å². The van der Waals surface area contributed by atoms with Gasteiger partial charge in [-0.1, -0.05) is 34.1 Å². The first kappa shape index (κ1) is 18.1. The summed E-state index contributed by atoms with van der Waals surface area (Å²) in [7, 11) is 0. The van der Waals surface area contributed by atoms with Gasteiger partial charge in [0.05, 0.1) is 0 Å². The summed E-state index contributed by atoms with van der Waals surface area (Å²) in [6.07, 6.45) is 0. The fourth-order valence-corrected chi connectivity index (χ4v) is 2.59. The lowest BCUT2D eigenvalue weighted by molar-refractivity contribution is -0.129. The van der Waals surface area contributed by atoms with Gasteiger partial charge < -0.3 is 10.2 Å². The summed E-state index contributed by atoms with van der Waals surface area (Å²) >= 11 is 3.32. The van der Waals surface area contributed by atoms with Crippen LogP contribution in [0.4, 0.5) is 4.39 Å². The molecule has 0 saturated heterocycles. The Morgan fingerprint density at radius 1 is 1.17 bits per heavy atom. The van der Waals surface area contributed by atoms with Crippen molar-refractivity contribution in [1.29, 1.82) is 0 Å². The summed E-state index contributed by atoms with van der Waals surface area (Å²) in [6, 6.07) is 13.1. The maximum atomic E-state index is 12.9. The monoisotopic (exact) mass is 392 g/mol. The zero-order valence-electron chi connectivity index (χ0n) is 13.3. The molecule has 126 valence electrons. The number of nitrogens with one attached hydrogen (secondary N) is 1. The van der Waals surface area contributed by atoms with E-state index in [2.05, 4.69) is 21.2 Å². The van der Waals surface area contributed by atoms with Crippen molar-refractivity contribution in [2.24, 2.45) is 0 Å². The van der Waals surface area contributed by atoms with Crippen LogP contribution in [0.15, 0.2) is 53.0 Å². The second-order valence-corrected chi connectivity index (χ2v) is 6.25. The lowest BCUT2D eigenvalue weighted by Crippen LogP contribution is -2.37. The smallest absolute Gasteiger partial charge is 0.251 e. The van der Waals surface area contributed by atoms with Gasteiger partial charge in [-0.15, -0.1) is 0 Å². The van der Waals surface area contributed by atoms with Gasteiger partial charge in [0.2, 0.25) is 5.91 Å². The van der Waals surface area contributed by atoms with Crippen LogP contribution in [-0.4, -0.2) is 29.8 Å². The number of benzene rings is 2. The molecule has 24 heavy (non-hydrogen) atoms. The quantitative estimate of drug-likeness (QED) is 0.818. The molecule has 0 fully saturated rings. The predicted octanol–water partition coefficient (Wildman–Crippen LogP) is 3.37. The van der Waals surface area contributed by atoms with E-state index in [1.54, 1.807) is 35.2 Å². The Morgan fingerprint density at radius 3 is 2.50 bits per heavy atom. The minimum Gasteiger partial charge on any atom is -0.350 e. The molecule has 4 nitrogen and oxygen atoms in total. The zero-order valence-corrected chi connectivity index (χ0v) is 14.8. The van der Waals surface area contributed by atoms with Crippen LogP contribution in [0, 0.1) is 5.82 Å². The van der Waals surface area contributed by atoms with Crippen molar-refractivity contribution in [3.63, 3.8) is 0 Å². The Morgan fingerprint density at radius 2 is 1.88 bits per heavy atom. The number of rotatable bonds is 6. The molecule has 0 heterocycles. The molecule has 2 amide bonds. The normalized spacial score (nSPS) is 10.3. The molecule has 1 N–H and O–H groups in total. The van der Waals surface area contributed by atoms with Crippen LogP contribution in [0.5, 0.6) is 0 Å². The third-order valence-corrected chi connectivity index (χ3v) is 3.98. The molecule has 0 aliphatic carbocycles. The third-order valence-electron chi connectivity index (χ3n) is 3.49. The van der Waals surface area contributed by atoms with E-state index in [0.29, 0.717) is 25.2 Å². The molecule has 0 aliphatic rings. The van der Waals surface area contributed by atoms with E-state index in [1.807, 2.05) is 6.07 Å². The van der Waals surface area contributed by atoms with Crippen LogP contribution in [-0.2, 0) is 11.3 Å². The van der Waals surface area contributed by atoms with Crippen molar-refractivity contribution in [3.8, 4) is 0 Å². The first-order valence-electron chi connectivity index (χ1n) is 7.49. The van der Waals surface area contributed by atoms with Crippen LogP contribution in [0.2, 0.25) is 0 Å². The van der Waals surface area contributed by atoms with Crippen LogP contribution in [0.3, 0.4) is 0 Å². The van der Waals surface area contributed by atoms with Crippen molar-refractivity contribution in [2.75, 3.05) is 13.1 Å². The summed E-state index contributed by atoms with van der Waals surface area (Å²) < 4.78 is 13.8. The molecule has 0 radical (unpaired) electrons. The maximum absolute atomic E-state index is 12.9. The molecule has 2 aromatic rings. The summed E-state index contributed by atoms with van der Waals surface area (Å²) in [4.78, 5) is 25.4. The van der Waals surface area contributed by atoms with Crippen molar-refractivity contribution < 1.29 is 14.0 Å². The fourth-order valence-electron chi connectivity index (χ4n) is 2.19. The van der Waals surface area contributed by atoms with Gasteiger partial charge in [-0.3, -0.25) is 9.59 Å². The number of hydrogen-bond donors (Lipinski definition) is 1. The number of nitrogens with zero attached hydrogens (tertiary/aromatic N) is 1. The van der Waals surface area contributed by atoms with E-state index in [4.69, 9.17) is 0 Å². The number of carbonyl (C=O) groups excluding carboxylic acids is 2. The number of amides is 2.